The van der Waals surface area contributed by atoms with Crippen LogP contribution in [-0.2, 0) is 52.8 Å². The molecule has 0 spiro atoms. The third-order valence-electron chi connectivity index (χ3n) is 13.3. The van der Waals surface area contributed by atoms with Crippen molar-refractivity contribution < 1.29 is 33.4 Å². The number of amides is 3. The average Bonchev–Trinajstić information content (AvgIpc) is 4.04. The van der Waals surface area contributed by atoms with Crippen LogP contribution in [-0.4, -0.2) is 137 Å². The smallest absolute Gasteiger partial charge is 0.324 e. The van der Waals surface area contributed by atoms with Gasteiger partial charge in [-0.2, -0.15) is 0 Å². The number of likely N-dealkylation sites (tertiary alicyclic amines) is 2. The van der Waals surface area contributed by atoms with E-state index in [0.29, 0.717) is 56.9 Å². The fraction of sp³-hybridized carbons (Fsp3) is 0.569. The summed E-state index contributed by atoms with van der Waals surface area (Å²) in [5.41, 5.74) is 8.65. The number of fused-ring (bicyclic) bond motifs is 6. The molecule has 360 valence electrons. The number of thiazole rings is 1. The monoisotopic (exact) mass is 936 g/mol. The van der Waals surface area contributed by atoms with Gasteiger partial charge in [0.25, 0.3) is 11.8 Å². The molecule has 1 aromatic carbocycles. The van der Waals surface area contributed by atoms with E-state index in [0.717, 1.165) is 64.2 Å². The molecule has 15 nitrogen and oxygen atoms in total. The van der Waals surface area contributed by atoms with Crippen LogP contribution in [0.1, 0.15) is 96.8 Å². The van der Waals surface area contributed by atoms with E-state index in [2.05, 4.69) is 77.6 Å². The topological polar surface area (TPSA) is 160 Å². The molecule has 0 aliphatic carbocycles. The fourth-order valence-corrected chi connectivity index (χ4v) is 10.2. The third kappa shape index (κ3) is 11.4. The highest BCUT2D eigenvalue weighted by atomic mass is 32.1. The van der Waals surface area contributed by atoms with E-state index >= 15 is 0 Å². The van der Waals surface area contributed by atoms with Crippen LogP contribution in [0.2, 0.25) is 0 Å². The summed E-state index contributed by atoms with van der Waals surface area (Å²) >= 11 is 1.43. The number of hydrazine groups is 1. The molecular weight excluding hydrogens is 869 g/mol. The molecule has 4 aliphatic heterocycles. The van der Waals surface area contributed by atoms with Crippen molar-refractivity contribution >= 4 is 57.7 Å². The van der Waals surface area contributed by atoms with E-state index in [9.17, 15) is 19.2 Å². The number of nitrogens with zero attached hydrogens (tertiary/aromatic N) is 6. The van der Waals surface area contributed by atoms with E-state index in [-0.39, 0.29) is 61.5 Å². The van der Waals surface area contributed by atoms with Gasteiger partial charge in [0.1, 0.15) is 12.1 Å². The number of carbonyl (C=O) groups is 4. The van der Waals surface area contributed by atoms with Gasteiger partial charge < -0.3 is 29.0 Å². The number of rotatable bonds is 12. The molecule has 67 heavy (non-hydrogen) atoms. The van der Waals surface area contributed by atoms with Crippen molar-refractivity contribution in [3.63, 3.8) is 0 Å². The molecule has 4 atom stereocenters. The summed E-state index contributed by atoms with van der Waals surface area (Å²) in [5, 5.41) is 8.11. The molecule has 0 radical (unpaired) electrons. The van der Waals surface area contributed by atoms with Crippen LogP contribution in [0.4, 0.5) is 0 Å². The van der Waals surface area contributed by atoms with Gasteiger partial charge >= 0.3 is 5.97 Å². The van der Waals surface area contributed by atoms with Gasteiger partial charge in [0.2, 0.25) is 5.91 Å². The molecule has 3 aromatic rings. The second kappa shape index (κ2) is 21.4. The summed E-state index contributed by atoms with van der Waals surface area (Å²) in [7, 11) is 1.67. The maximum absolute atomic E-state index is 14.4. The maximum atomic E-state index is 14.4. The van der Waals surface area contributed by atoms with Gasteiger partial charge in [-0.1, -0.05) is 38.5 Å². The lowest BCUT2D eigenvalue weighted by molar-refractivity contribution is -0.155. The summed E-state index contributed by atoms with van der Waals surface area (Å²) in [5.74, 6) is 4.62. The van der Waals surface area contributed by atoms with E-state index in [1.807, 2.05) is 39.2 Å². The minimum absolute atomic E-state index is 0.0144. The predicted octanol–water partition coefficient (Wildman–Crippen LogP) is 5.95. The van der Waals surface area contributed by atoms with Gasteiger partial charge in [0, 0.05) is 98.3 Å². The van der Waals surface area contributed by atoms with Crippen LogP contribution < -0.4 is 10.7 Å². The Balaban J connectivity index is 1.14. The van der Waals surface area contributed by atoms with Gasteiger partial charge in [-0.25, -0.2) is 10.4 Å². The number of benzene rings is 1. The summed E-state index contributed by atoms with van der Waals surface area (Å²) < 4.78 is 20.3. The predicted molar refractivity (Wildman–Crippen MR) is 262 cm³/mol. The number of aliphatic imine (C=N–C) groups is 1. The highest BCUT2D eigenvalue weighted by molar-refractivity contribution is 7.10. The highest BCUT2D eigenvalue weighted by Gasteiger charge is 2.36. The standard InChI is InChI=1S/C51H68N8O7S/c1-10-36(46(52-11-2)33(4)64-9)47-38-29-50(5,6)32-66-49(63)39-15-13-24-59(55-39)48(62)40(28-44-54-41(31-67-44)34-16-17-42(37(38)27-34)58(47)12-3)53-43(60)20-26-65-35-19-25-56(30-35)45(61)18-21-51(7,8)57-22-14-23-57/h10-11,16-17,27,31,33,35,39-40,55H,1,12-15,19-20,22-26,28-30,32H2,2-9H3,(H,53,60)/b46-36+,52-11-/t33-,35+,39-,40-/m0/s1. The summed E-state index contributed by atoms with van der Waals surface area (Å²) in [4.78, 5) is 68.6. The number of aryl methyl sites for hydroxylation is 1. The number of esters is 1. The van der Waals surface area contributed by atoms with Crippen LogP contribution in [0.15, 0.2) is 46.9 Å². The van der Waals surface area contributed by atoms with Crippen LogP contribution in [0.5, 0.6) is 0 Å². The second-order valence-corrected chi connectivity index (χ2v) is 20.2. The zero-order valence-electron chi connectivity index (χ0n) is 40.5. The summed E-state index contributed by atoms with van der Waals surface area (Å²) in [6.07, 6.45) is 6.67. The van der Waals surface area contributed by atoms with Crippen molar-refractivity contribution in [3.05, 3.63) is 58.2 Å². The van der Waals surface area contributed by atoms with E-state index in [4.69, 9.17) is 24.2 Å². The number of ether oxygens (including phenoxy) is 3. The zero-order valence-corrected chi connectivity index (χ0v) is 41.4. The minimum atomic E-state index is -0.973. The number of hydrogen-bond donors (Lipinski definition) is 2. The molecule has 3 saturated heterocycles. The quantitative estimate of drug-likeness (QED) is 0.0962. The lowest BCUT2D eigenvalue weighted by atomic mass is 9.84. The first-order valence-electron chi connectivity index (χ1n) is 23.8. The molecule has 0 unspecified atom stereocenters. The molecule has 0 saturated carbocycles. The van der Waals surface area contributed by atoms with E-state index in [1.165, 1.54) is 16.3 Å². The van der Waals surface area contributed by atoms with Gasteiger partial charge in [-0.15, -0.1) is 11.3 Å². The first-order valence-corrected chi connectivity index (χ1v) is 24.6. The van der Waals surface area contributed by atoms with E-state index < -0.39 is 23.5 Å². The Morgan fingerprint density at radius 3 is 2.67 bits per heavy atom. The third-order valence-corrected chi connectivity index (χ3v) is 14.2. The zero-order chi connectivity index (χ0) is 48.0. The van der Waals surface area contributed by atoms with Crippen LogP contribution in [0.3, 0.4) is 0 Å². The number of hydrogen-bond acceptors (Lipinski definition) is 12. The Labute approximate surface area is 399 Å². The SMILES string of the molecule is C=C/C(=C(\N=C/C)[C@H](C)OC)c1c2c3cc(ccc3n1CC)-c1csc(n1)C[C@H](NC(=O)CCO[C@@H]1CCN(C(=O)C#CC(C)(C)N3CCC3)C1)C(=O)N1CCC[C@H](N1)C(=O)OCC(C)(C)C2. The fourth-order valence-electron chi connectivity index (χ4n) is 9.35. The van der Waals surface area contributed by atoms with Crippen molar-refractivity contribution in [2.24, 2.45) is 10.4 Å². The lowest BCUT2D eigenvalue weighted by Crippen LogP contribution is -2.60. The number of nitrogens with one attached hydrogen (secondary N) is 2. The number of aromatic nitrogens is 2. The molecule has 3 fully saturated rings. The second-order valence-electron chi connectivity index (χ2n) is 19.2. The average molecular weight is 937 g/mol. The number of allylic oxidation sites excluding steroid dienone is 2. The Kier molecular flexibility index (Phi) is 15.9. The van der Waals surface area contributed by atoms with Crippen molar-refractivity contribution in [1.29, 1.82) is 0 Å². The van der Waals surface area contributed by atoms with Gasteiger partial charge in [-0.3, -0.25) is 34.1 Å². The van der Waals surface area contributed by atoms with Crippen molar-refractivity contribution in [2.75, 3.05) is 53.0 Å². The largest absolute Gasteiger partial charge is 0.464 e. The molecule has 7 rings (SSSR count). The highest BCUT2D eigenvalue weighted by Crippen LogP contribution is 2.40. The molecular formula is C51H68N8O7S. The number of cyclic esters (lactones) is 1. The van der Waals surface area contributed by atoms with Crippen molar-refractivity contribution in [2.45, 2.75) is 130 Å². The molecule has 6 bridgehead atoms. The molecule has 16 heteroatoms. The molecule has 2 aromatic heterocycles. The van der Waals surface area contributed by atoms with Crippen molar-refractivity contribution in [3.8, 4) is 23.1 Å². The Hall–Kier alpha value is -5.18. The van der Waals surface area contributed by atoms with Gasteiger partial charge in [-0.05, 0) is 90.3 Å². The Morgan fingerprint density at radius 2 is 1.97 bits per heavy atom. The van der Waals surface area contributed by atoms with Gasteiger partial charge in [0.05, 0.1) is 53.1 Å². The summed E-state index contributed by atoms with van der Waals surface area (Å²) in [6.45, 7) is 22.7. The normalized spacial score (nSPS) is 22.4. The van der Waals surface area contributed by atoms with E-state index in [1.54, 1.807) is 18.2 Å². The summed E-state index contributed by atoms with van der Waals surface area (Å²) in [6, 6.07) is 4.63. The molecule has 4 aliphatic rings. The van der Waals surface area contributed by atoms with Crippen LogP contribution in [0, 0.1) is 17.3 Å². The van der Waals surface area contributed by atoms with Gasteiger partial charge in [0.15, 0.2) is 0 Å². The van der Waals surface area contributed by atoms with Crippen molar-refractivity contribution in [1.82, 2.24) is 35.1 Å². The molecule has 6 heterocycles. The first kappa shape index (κ1) is 49.7. The molecule has 3 amide bonds. The van der Waals surface area contributed by atoms with Crippen LogP contribution >= 0.6 is 11.3 Å². The Bertz CT molecular complexity index is 2470. The number of methoxy groups -OCH3 is 1. The number of carbonyl (C=O) groups excluding carboxylic acids is 4. The first-order chi connectivity index (χ1) is 32.1. The molecule has 2 N–H and O–H groups in total. The maximum Gasteiger partial charge on any atom is 0.324 e. The minimum Gasteiger partial charge on any atom is -0.464 e. The van der Waals surface area contributed by atoms with Crippen LogP contribution in [0.25, 0.3) is 27.7 Å². The lowest BCUT2D eigenvalue weighted by Gasteiger charge is -2.41. The Morgan fingerprint density at radius 1 is 1.18 bits per heavy atom.